The molecule has 0 saturated carbocycles. The van der Waals surface area contributed by atoms with E-state index in [0.717, 1.165) is 26.0 Å². The summed E-state index contributed by atoms with van der Waals surface area (Å²) < 4.78 is 32.1. The molecule has 16 heavy (non-hydrogen) atoms. The maximum Gasteiger partial charge on any atom is 0.215 e. The van der Waals surface area contributed by atoms with Crippen molar-refractivity contribution in [1.82, 2.24) is 10.0 Å². The van der Waals surface area contributed by atoms with Crippen molar-refractivity contribution in [2.45, 2.75) is 37.0 Å². The molecule has 5 nitrogen and oxygen atoms in total. The summed E-state index contributed by atoms with van der Waals surface area (Å²) in [6.45, 7) is 4.46. The Balaban J connectivity index is 1.88. The molecule has 2 atom stereocenters. The van der Waals surface area contributed by atoms with Crippen LogP contribution >= 0.6 is 0 Å². The standard InChI is InChI=1S/C10H20N2O3S/c1-10(4-2-6-15-10)8-12-16(13,14)9-3-5-11-7-9/h9,11-12H,2-8H2,1H3. The number of sulfonamides is 1. The van der Waals surface area contributed by atoms with E-state index in [1.165, 1.54) is 0 Å². The van der Waals surface area contributed by atoms with E-state index in [0.29, 0.717) is 19.5 Å². The van der Waals surface area contributed by atoms with Gasteiger partial charge < -0.3 is 10.1 Å². The highest BCUT2D eigenvalue weighted by molar-refractivity contribution is 7.90. The molecule has 2 aliphatic rings. The number of ether oxygens (including phenoxy) is 1. The molecule has 2 aliphatic heterocycles. The van der Waals surface area contributed by atoms with Gasteiger partial charge in [0.1, 0.15) is 0 Å². The highest BCUT2D eigenvalue weighted by Gasteiger charge is 2.34. The monoisotopic (exact) mass is 248 g/mol. The second-order valence-corrected chi connectivity index (χ2v) is 6.93. The number of hydrogen-bond acceptors (Lipinski definition) is 4. The van der Waals surface area contributed by atoms with Crippen LogP contribution in [0.2, 0.25) is 0 Å². The van der Waals surface area contributed by atoms with Crippen LogP contribution in [-0.2, 0) is 14.8 Å². The van der Waals surface area contributed by atoms with Gasteiger partial charge >= 0.3 is 0 Å². The van der Waals surface area contributed by atoms with Gasteiger partial charge in [-0.3, -0.25) is 0 Å². The van der Waals surface area contributed by atoms with Crippen molar-refractivity contribution in [1.29, 1.82) is 0 Å². The molecule has 2 unspecified atom stereocenters. The second-order valence-electron chi connectivity index (χ2n) is 4.88. The average molecular weight is 248 g/mol. The van der Waals surface area contributed by atoms with Crippen molar-refractivity contribution in [3.8, 4) is 0 Å². The van der Waals surface area contributed by atoms with Crippen LogP contribution in [0.25, 0.3) is 0 Å². The van der Waals surface area contributed by atoms with E-state index < -0.39 is 10.0 Å². The van der Waals surface area contributed by atoms with Crippen LogP contribution in [0, 0.1) is 0 Å². The molecular formula is C10H20N2O3S. The SMILES string of the molecule is CC1(CNS(=O)(=O)C2CCNC2)CCCO1. The predicted octanol–water partition coefficient (Wildman–Crippen LogP) is -0.163. The molecule has 0 spiro atoms. The van der Waals surface area contributed by atoms with E-state index in [1.54, 1.807) is 0 Å². The lowest BCUT2D eigenvalue weighted by Crippen LogP contribution is -2.44. The molecule has 0 radical (unpaired) electrons. The van der Waals surface area contributed by atoms with Gasteiger partial charge in [0.15, 0.2) is 0 Å². The van der Waals surface area contributed by atoms with E-state index in [-0.39, 0.29) is 10.9 Å². The van der Waals surface area contributed by atoms with Crippen LogP contribution in [0.15, 0.2) is 0 Å². The zero-order chi connectivity index (χ0) is 11.6. The summed E-state index contributed by atoms with van der Waals surface area (Å²) in [5.41, 5.74) is -0.306. The van der Waals surface area contributed by atoms with Crippen molar-refractivity contribution in [3.05, 3.63) is 0 Å². The van der Waals surface area contributed by atoms with E-state index in [9.17, 15) is 8.42 Å². The highest BCUT2D eigenvalue weighted by Crippen LogP contribution is 2.24. The van der Waals surface area contributed by atoms with Crippen molar-refractivity contribution < 1.29 is 13.2 Å². The maximum atomic E-state index is 11.9. The summed E-state index contributed by atoms with van der Waals surface area (Å²) in [5, 5.41) is 2.79. The van der Waals surface area contributed by atoms with Crippen LogP contribution in [0.3, 0.4) is 0 Å². The molecule has 2 N–H and O–H groups in total. The molecule has 2 saturated heterocycles. The smallest absolute Gasteiger partial charge is 0.215 e. The van der Waals surface area contributed by atoms with Gasteiger partial charge in [-0.2, -0.15) is 0 Å². The minimum Gasteiger partial charge on any atom is -0.374 e. The predicted molar refractivity (Wildman–Crippen MR) is 61.8 cm³/mol. The Morgan fingerprint density at radius 3 is 2.94 bits per heavy atom. The molecule has 0 aromatic carbocycles. The van der Waals surface area contributed by atoms with Crippen molar-refractivity contribution in [2.75, 3.05) is 26.2 Å². The lowest BCUT2D eigenvalue weighted by molar-refractivity contribution is 0.0250. The first kappa shape index (κ1) is 12.3. The molecule has 0 aromatic heterocycles. The topological polar surface area (TPSA) is 67.4 Å². The highest BCUT2D eigenvalue weighted by atomic mass is 32.2. The third-order valence-corrected chi connectivity index (χ3v) is 5.23. The molecular weight excluding hydrogens is 228 g/mol. The van der Waals surface area contributed by atoms with E-state index in [2.05, 4.69) is 10.0 Å². The summed E-state index contributed by atoms with van der Waals surface area (Å²) in [6.07, 6.45) is 2.65. The molecule has 0 bridgehead atoms. The van der Waals surface area contributed by atoms with Crippen molar-refractivity contribution >= 4 is 10.0 Å². The van der Waals surface area contributed by atoms with Gasteiger partial charge in [0.25, 0.3) is 0 Å². The normalized spacial score (nSPS) is 35.7. The van der Waals surface area contributed by atoms with Crippen LogP contribution in [0.5, 0.6) is 0 Å². The van der Waals surface area contributed by atoms with Crippen LogP contribution < -0.4 is 10.0 Å². The van der Waals surface area contributed by atoms with E-state index in [4.69, 9.17) is 4.74 Å². The summed E-state index contributed by atoms with van der Waals surface area (Å²) in [4.78, 5) is 0. The molecule has 0 aliphatic carbocycles. The first-order valence-electron chi connectivity index (χ1n) is 5.85. The minimum absolute atomic E-state index is 0.280. The van der Waals surface area contributed by atoms with E-state index in [1.807, 2.05) is 6.92 Å². The summed E-state index contributed by atoms with van der Waals surface area (Å²) in [7, 11) is -3.18. The van der Waals surface area contributed by atoms with Gasteiger partial charge in [-0.05, 0) is 32.7 Å². The average Bonchev–Trinajstić information content (AvgIpc) is 2.86. The molecule has 0 aromatic rings. The fraction of sp³-hybridized carbons (Fsp3) is 1.00. The largest absolute Gasteiger partial charge is 0.374 e. The Kier molecular flexibility index (Phi) is 3.53. The van der Waals surface area contributed by atoms with Crippen LogP contribution in [-0.4, -0.2) is 45.5 Å². The Labute approximate surface area is 97.0 Å². The summed E-state index contributed by atoms with van der Waals surface area (Å²) >= 11 is 0. The zero-order valence-electron chi connectivity index (χ0n) is 9.66. The van der Waals surface area contributed by atoms with Crippen LogP contribution in [0.1, 0.15) is 26.2 Å². The Morgan fingerprint density at radius 2 is 2.38 bits per heavy atom. The molecule has 94 valence electrons. The summed E-state index contributed by atoms with van der Waals surface area (Å²) in [6, 6.07) is 0. The van der Waals surface area contributed by atoms with Gasteiger partial charge in [-0.15, -0.1) is 0 Å². The van der Waals surface area contributed by atoms with Gasteiger partial charge in [0.2, 0.25) is 10.0 Å². The third-order valence-electron chi connectivity index (χ3n) is 3.40. The fourth-order valence-electron chi connectivity index (χ4n) is 2.24. The third kappa shape index (κ3) is 2.74. The number of hydrogen-bond donors (Lipinski definition) is 2. The minimum atomic E-state index is -3.18. The second kappa shape index (κ2) is 4.60. The Morgan fingerprint density at radius 1 is 1.56 bits per heavy atom. The van der Waals surface area contributed by atoms with Crippen LogP contribution in [0.4, 0.5) is 0 Å². The first-order valence-corrected chi connectivity index (χ1v) is 7.40. The number of nitrogens with one attached hydrogen (secondary N) is 2. The van der Waals surface area contributed by atoms with Gasteiger partial charge in [0, 0.05) is 19.7 Å². The fourth-order valence-corrected chi connectivity index (χ4v) is 3.75. The molecule has 2 rings (SSSR count). The molecule has 2 heterocycles. The van der Waals surface area contributed by atoms with Gasteiger partial charge in [-0.1, -0.05) is 0 Å². The quantitative estimate of drug-likeness (QED) is 0.725. The van der Waals surface area contributed by atoms with Crippen molar-refractivity contribution in [3.63, 3.8) is 0 Å². The lowest BCUT2D eigenvalue weighted by Gasteiger charge is -2.24. The Hall–Kier alpha value is -0.170. The molecule has 2 fully saturated rings. The molecule has 0 amide bonds. The van der Waals surface area contributed by atoms with Crippen molar-refractivity contribution in [2.24, 2.45) is 0 Å². The van der Waals surface area contributed by atoms with E-state index >= 15 is 0 Å². The molecule has 6 heteroatoms. The zero-order valence-corrected chi connectivity index (χ0v) is 10.5. The maximum absolute atomic E-state index is 11.9. The number of rotatable bonds is 4. The Bertz CT molecular complexity index is 330. The first-order chi connectivity index (χ1) is 7.52. The lowest BCUT2D eigenvalue weighted by atomic mass is 10.0. The van der Waals surface area contributed by atoms with Gasteiger partial charge in [0.05, 0.1) is 10.9 Å². The van der Waals surface area contributed by atoms with Gasteiger partial charge in [-0.25, -0.2) is 13.1 Å². The summed E-state index contributed by atoms with van der Waals surface area (Å²) in [5.74, 6) is 0.